The number of hydrogen-bond acceptors (Lipinski definition) is 5. The maximum Gasteiger partial charge on any atom is 0.251 e. The van der Waals surface area contributed by atoms with Gasteiger partial charge in [0.1, 0.15) is 17.6 Å². The summed E-state index contributed by atoms with van der Waals surface area (Å²) in [4.78, 5) is 28.2. The fourth-order valence-electron chi connectivity index (χ4n) is 5.05. The van der Waals surface area contributed by atoms with Gasteiger partial charge in [0.15, 0.2) is 5.82 Å². The average molecular weight is 495 g/mol. The number of anilines is 1. The first-order chi connectivity index (χ1) is 17.1. The largest absolute Gasteiger partial charge is 0.459 e. The molecular weight excluding hydrogens is 456 g/mol. The second kappa shape index (κ2) is 10.9. The fraction of sp³-hybridized carbons (Fsp3) is 0.536. The zero-order valence-corrected chi connectivity index (χ0v) is 21.8. The average Bonchev–Trinajstić information content (AvgIpc) is 3.40. The van der Waals surface area contributed by atoms with Crippen LogP contribution in [0.5, 0.6) is 5.75 Å². The molecule has 2 heterocycles. The van der Waals surface area contributed by atoms with Crippen LogP contribution in [0.4, 0.5) is 5.82 Å². The van der Waals surface area contributed by atoms with Gasteiger partial charge < -0.3 is 20.1 Å². The summed E-state index contributed by atoms with van der Waals surface area (Å²) in [6.45, 7) is 7.99. The first-order valence-electron chi connectivity index (χ1n) is 12.9. The van der Waals surface area contributed by atoms with Gasteiger partial charge in [0.25, 0.3) is 5.91 Å². The summed E-state index contributed by atoms with van der Waals surface area (Å²) in [5, 5.41) is 17.3. The number of benzene rings is 1. The van der Waals surface area contributed by atoms with Crippen molar-refractivity contribution in [3.63, 3.8) is 0 Å². The lowest BCUT2D eigenvalue weighted by Crippen LogP contribution is -2.46. The smallest absolute Gasteiger partial charge is 0.251 e. The lowest BCUT2D eigenvalue weighted by molar-refractivity contribution is -0.134. The van der Waals surface area contributed by atoms with Gasteiger partial charge in [-0.05, 0) is 57.2 Å². The van der Waals surface area contributed by atoms with Gasteiger partial charge in [-0.3, -0.25) is 14.3 Å². The van der Waals surface area contributed by atoms with E-state index < -0.39 is 11.6 Å². The molecule has 0 unspecified atom stereocenters. The van der Waals surface area contributed by atoms with Crippen LogP contribution >= 0.6 is 0 Å². The van der Waals surface area contributed by atoms with Gasteiger partial charge in [-0.2, -0.15) is 5.10 Å². The molecule has 36 heavy (non-hydrogen) atoms. The second-order valence-corrected chi connectivity index (χ2v) is 10.8. The number of amides is 2. The van der Waals surface area contributed by atoms with Crippen molar-refractivity contribution in [3.05, 3.63) is 53.4 Å². The summed E-state index contributed by atoms with van der Waals surface area (Å²) in [5.41, 5.74) is 1.23. The normalized spacial score (nSPS) is 17.8. The number of nitrogens with one attached hydrogen (secondary N) is 1. The Morgan fingerprint density at radius 2 is 1.97 bits per heavy atom. The Morgan fingerprint density at radius 3 is 2.69 bits per heavy atom. The van der Waals surface area contributed by atoms with Crippen molar-refractivity contribution in [2.45, 2.75) is 84.4 Å². The van der Waals surface area contributed by atoms with E-state index in [-0.39, 0.29) is 18.4 Å². The van der Waals surface area contributed by atoms with E-state index in [1.54, 1.807) is 35.7 Å². The molecule has 4 rings (SSSR count). The second-order valence-electron chi connectivity index (χ2n) is 10.8. The highest BCUT2D eigenvalue weighted by molar-refractivity contribution is 5.99. The van der Waals surface area contributed by atoms with Gasteiger partial charge in [0.2, 0.25) is 5.91 Å². The van der Waals surface area contributed by atoms with Gasteiger partial charge in [0.05, 0.1) is 18.7 Å². The maximum absolute atomic E-state index is 13.5. The van der Waals surface area contributed by atoms with Crippen molar-refractivity contribution >= 4 is 17.6 Å². The van der Waals surface area contributed by atoms with E-state index in [2.05, 4.69) is 10.4 Å². The van der Waals surface area contributed by atoms with E-state index >= 15 is 0 Å². The number of aromatic nitrogens is 2. The minimum Gasteiger partial charge on any atom is -0.459 e. The fourth-order valence-corrected chi connectivity index (χ4v) is 5.05. The van der Waals surface area contributed by atoms with Gasteiger partial charge in [-0.1, -0.05) is 44.2 Å². The van der Waals surface area contributed by atoms with E-state index in [1.165, 1.54) is 12.5 Å². The van der Waals surface area contributed by atoms with E-state index in [1.807, 2.05) is 32.0 Å². The first-order valence-corrected chi connectivity index (χ1v) is 12.9. The summed E-state index contributed by atoms with van der Waals surface area (Å²) in [6, 6.07) is 6.95. The summed E-state index contributed by atoms with van der Waals surface area (Å²) in [6.07, 6.45) is 9.54. The minimum atomic E-state index is -0.920. The van der Waals surface area contributed by atoms with Gasteiger partial charge >= 0.3 is 0 Å². The molecule has 2 aromatic rings. The Balaban J connectivity index is 1.48. The third-order valence-electron chi connectivity index (χ3n) is 7.09. The van der Waals surface area contributed by atoms with Crippen LogP contribution in [0.25, 0.3) is 0 Å². The molecule has 194 valence electrons. The molecule has 8 nitrogen and oxygen atoms in total. The molecule has 1 atom stereocenters. The number of carbonyl (C=O) groups excluding carboxylic acids is 2. The molecule has 0 saturated heterocycles. The lowest BCUT2D eigenvalue weighted by Gasteiger charge is -2.31. The van der Waals surface area contributed by atoms with Gasteiger partial charge in [-0.15, -0.1) is 0 Å². The molecule has 1 aliphatic carbocycles. The van der Waals surface area contributed by atoms with Crippen LogP contribution in [0.2, 0.25) is 0 Å². The van der Waals surface area contributed by atoms with Crippen LogP contribution in [-0.4, -0.2) is 49.8 Å². The third kappa shape index (κ3) is 6.55. The van der Waals surface area contributed by atoms with Crippen LogP contribution < -0.4 is 10.1 Å². The molecule has 8 heteroatoms. The molecule has 0 radical (unpaired) electrons. The maximum atomic E-state index is 13.5. The number of rotatable bonds is 9. The summed E-state index contributed by atoms with van der Waals surface area (Å²) < 4.78 is 7.70. The third-order valence-corrected chi connectivity index (χ3v) is 7.09. The van der Waals surface area contributed by atoms with Gasteiger partial charge in [0, 0.05) is 18.3 Å². The van der Waals surface area contributed by atoms with Crippen molar-refractivity contribution in [1.82, 2.24) is 14.7 Å². The van der Waals surface area contributed by atoms with Crippen molar-refractivity contribution < 1.29 is 19.4 Å². The van der Waals surface area contributed by atoms with E-state index in [9.17, 15) is 14.7 Å². The molecule has 1 fully saturated rings. The highest BCUT2D eigenvalue weighted by Crippen LogP contribution is 2.31. The molecule has 2 aliphatic rings. The molecule has 1 saturated carbocycles. The minimum absolute atomic E-state index is 0.209. The molecule has 1 aromatic heterocycles. The topological polar surface area (TPSA) is 96.7 Å². The quantitative estimate of drug-likeness (QED) is 0.540. The predicted molar refractivity (Wildman–Crippen MR) is 138 cm³/mol. The lowest BCUT2D eigenvalue weighted by atomic mass is 9.84. The number of ether oxygens (including phenoxy) is 1. The van der Waals surface area contributed by atoms with Gasteiger partial charge in [-0.25, -0.2) is 0 Å². The zero-order valence-electron chi connectivity index (χ0n) is 21.8. The Bertz CT molecular complexity index is 1120. The Morgan fingerprint density at radius 1 is 1.22 bits per heavy atom. The van der Waals surface area contributed by atoms with Crippen LogP contribution in [-0.2, 0) is 16.1 Å². The molecule has 0 spiro atoms. The number of aliphatic hydroxyl groups is 1. The molecule has 1 aliphatic heterocycles. The van der Waals surface area contributed by atoms with Crippen molar-refractivity contribution in [1.29, 1.82) is 0 Å². The van der Waals surface area contributed by atoms with Crippen LogP contribution in [0.3, 0.4) is 0 Å². The van der Waals surface area contributed by atoms with Crippen LogP contribution in [0.1, 0.15) is 63.5 Å². The van der Waals surface area contributed by atoms with Crippen molar-refractivity contribution in [3.8, 4) is 5.75 Å². The highest BCUT2D eigenvalue weighted by Gasteiger charge is 2.36. The molecule has 2 amide bonds. The zero-order chi connectivity index (χ0) is 25.9. The van der Waals surface area contributed by atoms with Crippen LogP contribution in [0.15, 0.2) is 42.3 Å². The Kier molecular flexibility index (Phi) is 7.83. The number of aryl methyl sites for hydroxylation is 1. The SMILES string of the molecule is Cc1cccc(OC2=CC(=O)N([C@@H](CC3CCCCC3)C(=O)Nc3ccn(CC(C)(C)O)n3)C2)c1C. The first kappa shape index (κ1) is 25.9. The summed E-state index contributed by atoms with van der Waals surface area (Å²) >= 11 is 0. The van der Waals surface area contributed by atoms with Crippen LogP contribution in [0, 0.1) is 19.8 Å². The predicted octanol–water partition coefficient (Wildman–Crippen LogP) is 4.35. The monoisotopic (exact) mass is 494 g/mol. The molecule has 0 bridgehead atoms. The van der Waals surface area contributed by atoms with E-state index in [0.717, 1.165) is 42.6 Å². The van der Waals surface area contributed by atoms with Crippen molar-refractivity contribution in [2.24, 2.45) is 5.92 Å². The number of nitrogens with zero attached hydrogens (tertiary/aromatic N) is 3. The molecule has 2 N–H and O–H groups in total. The summed E-state index contributed by atoms with van der Waals surface area (Å²) in [5.74, 6) is 1.62. The van der Waals surface area contributed by atoms with E-state index in [4.69, 9.17) is 4.74 Å². The van der Waals surface area contributed by atoms with E-state index in [0.29, 0.717) is 30.5 Å². The highest BCUT2D eigenvalue weighted by atomic mass is 16.5. The number of carbonyl (C=O) groups is 2. The Hall–Kier alpha value is -3.13. The Labute approximate surface area is 213 Å². The molecule has 1 aromatic carbocycles. The van der Waals surface area contributed by atoms with Crippen molar-refractivity contribution in [2.75, 3.05) is 11.9 Å². The standard InChI is InChI=1S/C28H38N4O4/c1-19-9-8-12-24(20(19)2)36-22-16-26(33)32(17-22)23(15-21-10-6-5-7-11-21)27(34)29-25-13-14-31(30-25)18-28(3,4)35/h8-9,12-14,16,21,23,35H,5-7,10-11,15,17-18H2,1-4H3,(H,29,30,34)/t23-/m0/s1. The molecular formula is C28H38N4O4. The summed E-state index contributed by atoms with van der Waals surface area (Å²) in [7, 11) is 0. The number of hydrogen-bond donors (Lipinski definition) is 2.